The fourth-order valence-corrected chi connectivity index (χ4v) is 3.73. The molecule has 3 rings (SSSR count). The summed E-state index contributed by atoms with van der Waals surface area (Å²) in [6.07, 6.45) is 3.79. The van der Waals surface area contributed by atoms with Gasteiger partial charge in [-0.2, -0.15) is 0 Å². The average Bonchev–Trinajstić information content (AvgIpc) is 2.93. The maximum absolute atomic E-state index is 11.5. The minimum atomic E-state index is -1.82. The zero-order chi connectivity index (χ0) is 28.6. The van der Waals surface area contributed by atoms with Crippen molar-refractivity contribution in [1.29, 1.82) is 0 Å². The molecule has 0 aromatic heterocycles. The first-order chi connectivity index (χ1) is 18.7. The Kier molecular flexibility index (Phi) is 13.3. The quantitative estimate of drug-likeness (QED) is 0.166. The fraction of sp³-hybridized carbons (Fsp3) is 0.393. The van der Waals surface area contributed by atoms with Crippen LogP contribution in [0.2, 0.25) is 0 Å². The molecule has 1 aliphatic carbocycles. The van der Waals surface area contributed by atoms with Gasteiger partial charge in [-0.1, -0.05) is 30.9 Å². The molecule has 2 aromatic rings. The Bertz CT molecular complexity index is 1090. The zero-order valence-corrected chi connectivity index (χ0v) is 21.8. The van der Waals surface area contributed by atoms with Gasteiger partial charge in [0.15, 0.2) is 18.1 Å². The molecule has 0 spiro atoms. The monoisotopic (exact) mass is 545 g/mol. The molecule has 0 saturated heterocycles. The number of aliphatic hydroxyl groups is 1. The Morgan fingerprint density at radius 3 is 2.38 bits per heavy atom. The molecule has 0 saturated carbocycles. The standard InChI is InChI=1S/C26H33NO6.C2H2O4/c1-3-13-31-24-7-5-6-8-25(24)33-17-22(28)16-27-21-11-9-19-10-12-23(15-20(19)14-21)32-18-26(29)30-4-2;3-1(4)2(5)6/h3,5-8,10,12,15,21-22,27-28H,1,4,9,11,13-14,16-18H2,2H3;(H,3,4)(H,5,6)/t21-,22?;/m0./s1. The number of hydrogen-bond donors (Lipinski definition) is 4. The number of carboxylic acids is 2. The van der Waals surface area contributed by atoms with E-state index in [1.165, 1.54) is 11.1 Å². The molecule has 39 heavy (non-hydrogen) atoms. The van der Waals surface area contributed by atoms with Crippen molar-refractivity contribution >= 4 is 17.9 Å². The average molecular weight is 546 g/mol. The van der Waals surface area contributed by atoms with Crippen molar-refractivity contribution in [3.05, 3.63) is 66.2 Å². The molecule has 2 aromatic carbocycles. The van der Waals surface area contributed by atoms with Crippen LogP contribution in [0.15, 0.2) is 55.1 Å². The van der Waals surface area contributed by atoms with Crippen LogP contribution in [0.5, 0.6) is 17.2 Å². The van der Waals surface area contributed by atoms with Crippen molar-refractivity contribution < 1.29 is 48.7 Å². The van der Waals surface area contributed by atoms with Crippen LogP contribution in [0.3, 0.4) is 0 Å². The number of carboxylic acid groups (broad SMARTS) is 2. The molecule has 2 atom stereocenters. The number of nitrogens with one attached hydrogen (secondary N) is 1. The summed E-state index contributed by atoms with van der Waals surface area (Å²) in [4.78, 5) is 29.7. The summed E-state index contributed by atoms with van der Waals surface area (Å²) < 4.78 is 21.8. The summed E-state index contributed by atoms with van der Waals surface area (Å²) in [5, 5.41) is 28.6. The lowest BCUT2D eigenvalue weighted by Crippen LogP contribution is -2.40. The highest BCUT2D eigenvalue weighted by Crippen LogP contribution is 2.27. The largest absolute Gasteiger partial charge is 0.487 e. The van der Waals surface area contributed by atoms with E-state index < -0.39 is 18.0 Å². The van der Waals surface area contributed by atoms with Crippen LogP contribution in [-0.4, -0.2) is 78.3 Å². The van der Waals surface area contributed by atoms with Crippen LogP contribution in [-0.2, 0) is 32.0 Å². The number of aliphatic hydroxyl groups excluding tert-OH is 1. The van der Waals surface area contributed by atoms with Crippen LogP contribution in [0, 0.1) is 0 Å². The van der Waals surface area contributed by atoms with E-state index in [0.717, 1.165) is 19.3 Å². The van der Waals surface area contributed by atoms with Gasteiger partial charge in [-0.25, -0.2) is 14.4 Å². The van der Waals surface area contributed by atoms with Gasteiger partial charge in [0.05, 0.1) is 6.61 Å². The van der Waals surface area contributed by atoms with Crippen LogP contribution in [0.4, 0.5) is 0 Å². The molecule has 11 nitrogen and oxygen atoms in total. The summed E-state index contributed by atoms with van der Waals surface area (Å²) in [5.41, 5.74) is 2.48. The van der Waals surface area contributed by atoms with Crippen molar-refractivity contribution in [1.82, 2.24) is 5.32 Å². The lowest BCUT2D eigenvalue weighted by molar-refractivity contribution is -0.159. The Labute approximate surface area is 227 Å². The number of hydrogen-bond acceptors (Lipinski definition) is 9. The third kappa shape index (κ3) is 11.5. The van der Waals surface area contributed by atoms with E-state index in [1.807, 2.05) is 36.4 Å². The normalized spacial score (nSPS) is 14.5. The molecule has 0 amide bonds. The van der Waals surface area contributed by atoms with Gasteiger partial charge in [-0.15, -0.1) is 0 Å². The molecule has 1 unspecified atom stereocenters. The SMILES string of the molecule is C=CCOc1ccccc1OCC(O)CN[C@H]1CCc2ccc(OCC(=O)OCC)cc2C1.O=C(O)C(=O)O. The van der Waals surface area contributed by atoms with E-state index >= 15 is 0 Å². The maximum Gasteiger partial charge on any atom is 0.414 e. The summed E-state index contributed by atoms with van der Waals surface area (Å²) in [7, 11) is 0. The number of carbonyl (C=O) groups is 3. The van der Waals surface area contributed by atoms with Crippen molar-refractivity contribution in [3.8, 4) is 17.2 Å². The number of aryl methyl sites for hydroxylation is 1. The molecule has 0 heterocycles. The summed E-state index contributed by atoms with van der Waals surface area (Å²) in [5.74, 6) is -2.14. The second-order valence-electron chi connectivity index (χ2n) is 8.49. The molecule has 0 aliphatic heterocycles. The Hall–Kier alpha value is -4.09. The molecule has 4 N–H and O–H groups in total. The van der Waals surface area contributed by atoms with Gasteiger partial charge in [-0.05, 0) is 61.6 Å². The van der Waals surface area contributed by atoms with Crippen LogP contribution >= 0.6 is 0 Å². The Morgan fingerprint density at radius 1 is 1.05 bits per heavy atom. The minimum absolute atomic E-state index is 0.0950. The molecule has 0 bridgehead atoms. The van der Waals surface area contributed by atoms with Crippen LogP contribution < -0.4 is 19.5 Å². The first kappa shape index (κ1) is 31.1. The van der Waals surface area contributed by atoms with E-state index in [0.29, 0.717) is 37.0 Å². The summed E-state index contributed by atoms with van der Waals surface area (Å²) >= 11 is 0. The number of rotatable bonds is 13. The second kappa shape index (κ2) is 16.7. The first-order valence-electron chi connectivity index (χ1n) is 12.5. The number of para-hydroxylation sites is 2. The molecular formula is C28H35NO10. The number of benzene rings is 2. The lowest BCUT2D eigenvalue weighted by atomic mass is 9.88. The Balaban J connectivity index is 0.000000798. The molecule has 0 fully saturated rings. The van der Waals surface area contributed by atoms with Gasteiger partial charge in [0.1, 0.15) is 25.1 Å². The third-order valence-electron chi connectivity index (χ3n) is 5.53. The van der Waals surface area contributed by atoms with Crippen molar-refractivity contribution in [2.24, 2.45) is 0 Å². The van der Waals surface area contributed by atoms with Crippen LogP contribution in [0.1, 0.15) is 24.5 Å². The second-order valence-corrected chi connectivity index (χ2v) is 8.49. The number of aliphatic carboxylic acids is 2. The van der Waals surface area contributed by atoms with E-state index in [4.69, 9.17) is 38.7 Å². The fourth-order valence-electron chi connectivity index (χ4n) is 3.73. The minimum Gasteiger partial charge on any atom is -0.487 e. The highest BCUT2D eigenvalue weighted by Gasteiger charge is 2.20. The molecule has 0 radical (unpaired) electrons. The van der Waals surface area contributed by atoms with Crippen molar-refractivity contribution in [2.75, 3.05) is 33.0 Å². The highest BCUT2D eigenvalue weighted by atomic mass is 16.6. The Morgan fingerprint density at radius 2 is 1.74 bits per heavy atom. The highest BCUT2D eigenvalue weighted by molar-refractivity contribution is 6.27. The van der Waals surface area contributed by atoms with E-state index in [1.54, 1.807) is 13.0 Å². The van der Waals surface area contributed by atoms with Gasteiger partial charge < -0.3 is 39.6 Å². The molecule has 11 heteroatoms. The first-order valence-corrected chi connectivity index (χ1v) is 12.5. The number of ether oxygens (including phenoxy) is 4. The maximum atomic E-state index is 11.5. The predicted molar refractivity (Wildman–Crippen MR) is 141 cm³/mol. The van der Waals surface area contributed by atoms with Gasteiger partial charge in [0.25, 0.3) is 0 Å². The summed E-state index contributed by atoms with van der Waals surface area (Å²) in [6, 6.07) is 13.6. The van der Waals surface area contributed by atoms with Gasteiger partial charge >= 0.3 is 17.9 Å². The third-order valence-corrected chi connectivity index (χ3v) is 5.53. The lowest BCUT2D eigenvalue weighted by Gasteiger charge is -2.27. The predicted octanol–water partition coefficient (Wildman–Crippen LogP) is 2.24. The van der Waals surface area contributed by atoms with E-state index in [-0.39, 0.29) is 25.2 Å². The smallest absolute Gasteiger partial charge is 0.414 e. The number of carbonyl (C=O) groups excluding carboxylic acids is 1. The zero-order valence-electron chi connectivity index (χ0n) is 21.8. The van der Waals surface area contributed by atoms with Crippen molar-refractivity contribution in [2.45, 2.75) is 38.3 Å². The molecular weight excluding hydrogens is 510 g/mol. The van der Waals surface area contributed by atoms with Gasteiger partial charge in [-0.3, -0.25) is 0 Å². The van der Waals surface area contributed by atoms with E-state index in [9.17, 15) is 9.90 Å². The van der Waals surface area contributed by atoms with Crippen molar-refractivity contribution in [3.63, 3.8) is 0 Å². The number of fused-ring (bicyclic) bond motifs is 1. The topological polar surface area (TPSA) is 161 Å². The summed E-state index contributed by atoms with van der Waals surface area (Å²) in [6.45, 7) is 6.64. The molecule has 1 aliphatic rings. The van der Waals surface area contributed by atoms with Crippen LogP contribution in [0.25, 0.3) is 0 Å². The van der Waals surface area contributed by atoms with E-state index in [2.05, 4.69) is 18.0 Å². The van der Waals surface area contributed by atoms with Gasteiger partial charge in [0, 0.05) is 12.6 Å². The number of esters is 1. The molecule has 212 valence electrons. The van der Waals surface area contributed by atoms with Gasteiger partial charge in [0.2, 0.25) is 0 Å².